The predicted molar refractivity (Wildman–Crippen MR) is 49.5 cm³/mol. The summed E-state index contributed by atoms with van der Waals surface area (Å²) in [7, 11) is 0. The van der Waals surface area contributed by atoms with Crippen molar-refractivity contribution in [1.82, 2.24) is 15.0 Å². The lowest BCUT2D eigenvalue weighted by Crippen LogP contribution is -1.84. The zero-order valence-corrected chi connectivity index (χ0v) is 7.75. The first kappa shape index (κ1) is 7.49. The highest BCUT2D eigenvalue weighted by molar-refractivity contribution is 9.10. The van der Waals surface area contributed by atoms with Gasteiger partial charge in [-0.25, -0.2) is 9.97 Å². The minimum Gasteiger partial charge on any atom is -0.367 e. The van der Waals surface area contributed by atoms with Gasteiger partial charge in [0, 0.05) is 24.2 Å². The second kappa shape index (κ2) is 3.06. The molecule has 2 aromatic heterocycles. The number of aromatic amines is 1. The minimum atomic E-state index is 0.612. The molecule has 0 bridgehead atoms. The number of halogens is 1. The van der Waals surface area contributed by atoms with Gasteiger partial charge in [-0.15, -0.1) is 0 Å². The van der Waals surface area contributed by atoms with E-state index in [0.29, 0.717) is 4.73 Å². The number of nitrogens with one attached hydrogen (secondary N) is 1. The molecule has 0 saturated carbocycles. The molecule has 2 heterocycles. The van der Waals surface area contributed by atoms with Crippen molar-refractivity contribution < 1.29 is 0 Å². The summed E-state index contributed by atoms with van der Waals surface area (Å²) in [5.41, 5.74) is 1.98. The van der Waals surface area contributed by atoms with Gasteiger partial charge in [-0.2, -0.15) is 0 Å². The van der Waals surface area contributed by atoms with Gasteiger partial charge in [0.05, 0.1) is 5.69 Å². The van der Waals surface area contributed by atoms with Gasteiger partial charge in [0.25, 0.3) is 0 Å². The van der Waals surface area contributed by atoms with Gasteiger partial charge < -0.3 is 4.98 Å². The second-order valence-electron chi connectivity index (χ2n) is 2.31. The van der Waals surface area contributed by atoms with E-state index < -0.39 is 0 Å². The van der Waals surface area contributed by atoms with Crippen LogP contribution < -0.4 is 0 Å². The Bertz CT molecular complexity index is 370. The van der Waals surface area contributed by atoms with Gasteiger partial charge in [0.1, 0.15) is 0 Å². The first-order valence-electron chi connectivity index (χ1n) is 3.48. The highest BCUT2D eigenvalue weighted by Gasteiger charge is 1.98. The third kappa shape index (κ3) is 1.38. The van der Waals surface area contributed by atoms with E-state index in [0.717, 1.165) is 11.3 Å². The molecule has 0 atom stereocenters. The van der Waals surface area contributed by atoms with Gasteiger partial charge in [-0.3, -0.25) is 0 Å². The van der Waals surface area contributed by atoms with E-state index in [2.05, 4.69) is 30.9 Å². The molecule has 0 amide bonds. The van der Waals surface area contributed by atoms with Gasteiger partial charge >= 0.3 is 0 Å². The summed E-state index contributed by atoms with van der Waals surface area (Å²) in [4.78, 5) is 11.1. The third-order valence-electron chi connectivity index (χ3n) is 1.52. The molecule has 1 N–H and O–H groups in total. The molecule has 0 radical (unpaired) electrons. The van der Waals surface area contributed by atoms with Crippen molar-refractivity contribution in [1.29, 1.82) is 0 Å². The van der Waals surface area contributed by atoms with Crippen molar-refractivity contribution in [3.05, 3.63) is 35.5 Å². The summed E-state index contributed by atoms with van der Waals surface area (Å²) in [6.07, 6.45) is 5.49. The molecule has 0 spiro atoms. The molecule has 60 valence electrons. The topological polar surface area (TPSA) is 41.6 Å². The minimum absolute atomic E-state index is 0.612. The third-order valence-corrected chi connectivity index (χ3v) is 1.90. The summed E-state index contributed by atoms with van der Waals surface area (Å²) in [5.74, 6) is 0. The van der Waals surface area contributed by atoms with Gasteiger partial charge in [-0.1, -0.05) is 0 Å². The average molecular weight is 224 g/mol. The fourth-order valence-electron chi connectivity index (χ4n) is 0.979. The van der Waals surface area contributed by atoms with E-state index in [4.69, 9.17) is 0 Å². The fraction of sp³-hybridized carbons (Fsp3) is 0. The molecule has 0 aliphatic rings. The summed E-state index contributed by atoms with van der Waals surface area (Å²) < 4.78 is 0.612. The average Bonchev–Trinajstić information content (AvgIpc) is 2.56. The van der Waals surface area contributed by atoms with Crippen molar-refractivity contribution in [3.63, 3.8) is 0 Å². The van der Waals surface area contributed by atoms with Crippen LogP contribution in [0.5, 0.6) is 0 Å². The lowest BCUT2D eigenvalue weighted by Gasteiger charge is -1.94. The van der Waals surface area contributed by atoms with Crippen LogP contribution in [-0.4, -0.2) is 15.0 Å². The Kier molecular flexibility index (Phi) is 1.91. The second-order valence-corrected chi connectivity index (χ2v) is 3.02. The molecule has 3 nitrogen and oxygen atoms in total. The summed E-state index contributed by atoms with van der Waals surface area (Å²) in [5, 5.41) is 0. The van der Waals surface area contributed by atoms with Crippen LogP contribution in [0.25, 0.3) is 11.3 Å². The highest BCUT2D eigenvalue weighted by Crippen LogP contribution is 2.16. The molecule has 0 aliphatic carbocycles. The molecule has 0 aromatic carbocycles. The van der Waals surface area contributed by atoms with E-state index in [1.807, 2.05) is 24.5 Å². The lowest BCUT2D eigenvalue weighted by atomic mass is 10.2. The molecule has 2 rings (SSSR count). The van der Waals surface area contributed by atoms with Crippen molar-refractivity contribution in [2.24, 2.45) is 0 Å². The molecule has 12 heavy (non-hydrogen) atoms. The van der Waals surface area contributed by atoms with Crippen LogP contribution in [0.15, 0.2) is 35.5 Å². The van der Waals surface area contributed by atoms with Crippen LogP contribution in [0.3, 0.4) is 0 Å². The van der Waals surface area contributed by atoms with E-state index in [1.54, 1.807) is 6.20 Å². The summed E-state index contributed by atoms with van der Waals surface area (Å²) in [6.45, 7) is 0. The van der Waals surface area contributed by atoms with Crippen LogP contribution in [-0.2, 0) is 0 Å². The molecular formula is C8H6BrN3. The zero-order chi connectivity index (χ0) is 8.39. The fourth-order valence-corrected chi connectivity index (χ4v) is 1.29. The SMILES string of the molecule is Brc1nccc(-c2cc[nH]c2)n1. The monoisotopic (exact) mass is 223 g/mol. The molecule has 0 aliphatic heterocycles. The Hall–Kier alpha value is -1.16. The van der Waals surface area contributed by atoms with Gasteiger partial charge in [-0.05, 0) is 28.1 Å². The van der Waals surface area contributed by atoms with Crippen LogP contribution in [0.4, 0.5) is 0 Å². The van der Waals surface area contributed by atoms with Crippen LogP contribution >= 0.6 is 15.9 Å². The smallest absolute Gasteiger partial charge is 0.197 e. The molecule has 4 heteroatoms. The first-order chi connectivity index (χ1) is 5.86. The van der Waals surface area contributed by atoms with Crippen LogP contribution in [0.1, 0.15) is 0 Å². The maximum absolute atomic E-state index is 4.20. The van der Waals surface area contributed by atoms with Crippen LogP contribution in [0, 0.1) is 0 Å². The Balaban J connectivity index is 2.48. The predicted octanol–water partition coefficient (Wildman–Crippen LogP) is 2.23. The number of hydrogen-bond acceptors (Lipinski definition) is 2. The molecule has 0 fully saturated rings. The molecule has 0 saturated heterocycles. The number of nitrogens with zero attached hydrogens (tertiary/aromatic N) is 2. The van der Waals surface area contributed by atoms with E-state index in [9.17, 15) is 0 Å². The standard InChI is InChI=1S/C8H6BrN3/c9-8-11-4-2-7(12-8)6-1-3-10-5-6/h1-5,10H. The molecular weight excluding hydrogens is 218 g/mol. The van der Waals surface area contributed by atoms with Crippen molar-refractivity contribution >= 4 is 15.9 Å². The van der Waals surface area contributed by atoms with Crippen molar-refractivity contribution in [2.45, 2.75) is 0 Å². The van der Waals surface area contributed by atoms with Crippen molar-refractivity contribution in [3.8, 4) is 11.3 Å². The number of rotatable bonds is 1. The Morgan fingerprint density at radius 3 is 2.92 bits per heavy atom. The summed E-state index contributed by atoms with van der Waals surface area (Å²) in [6, 6.07) is 3.84. The Morgan fingerprint density at radius 1 is 1.33 bits per heavy atom. The van der Waals surface area contributed by atoms with E-state index in [1.165, 1.54) is 0 Å². The van der Waals surface area contributed by atoms with Crippen LogP contribution in [0.2, 0.25) is 0 Å². The normalized spacial score (nSPS) is 10.1. The van der Waals surface area contributed by atoms with Gasteiger partial charge in [0.15, 0.2) is 4.73 Å². The molecule has 0 unspecified atom stereocenters. The Labute approximate surface area is 78.0 Å². The van der Waals surface area contributed by atoms with E-state index >= 15 is 0 Å². The number of aromatic nitrogens is 3. The Morgan fingerprint density at radius 2 is 2.25 bits per heavy atom. The van der Waals surface area contributed by atoms with Crippen molar-refractivity contribution in [2.75, 3.05) is 0 Å². The maximum Gasteiger partial charge on any atom is 0.197 e. The molecule has 2 aromatic rings. The first-order valence-corrected chi connectivity index (χ1v) is 4.27. The zero-order valence-electron chi connectivity index (χ0n) is 6.16. The summed E-state index contributed by atoms with van der Waals surface area (Å²) >= 11 is 3.22. The van der Waals surface area contributed by atoms with E-state index in [-0.39, 0.29) is 0 Å². The largest absolute Gasteiger partial charge is 0.367 e. The number of hydrogen-bond donors (Lipinski definition) is 1. The van der Waals surface area contributed by atoms with Gasteiger partial charge in [0.2, 0.25) is 0 Å². The quantitative estimate of drug-likeness (QED) is 0.754. The highest BCUT2D eigenvalue weighted by atomic mass is 79.9. The number of H-pyrrole nitrogens is 1. The maximum atomic E-state index is 4.20. The lowest BCUT2D eigenvalue weighted by molar-refractivity contribution is 1.12.